The molecule has 0 radical (unpaired) electrons. The van der Waals surface area contributed by atoms with Gasteiger partial charge in [-0.05, 0) is 17.4 Å². The molecule has 1 fully saturated rings. The third-order valence-electron chi connectivity index (χ3n) is 4.42. The molecule has 0 aliphatic heterocycles. The SMILES string of the molecule is CC1(C)C(C=C(F)C(F)(F)F)C1C(=O)OCc1c(F)c(F)c(F)c(F)c1F. The van der Waals surface area contributed by atoms with Crippen molar-refractivity contribution < 1.29 is 49.0 Å². The Morgan fingerprint density at radius 2 is 1.44 bits per heavy atom. The fourth-order valence-electron chi connectivity index (χ4n) is 2.70. The van der Waals surface area contributed by atoms with E-state index in [4.69, 9.17) is 0 Å². The standard InChI is InChI=1S/C16H11F9O2/c1-15(2)6(3-7(17)16(23,24)25)8(15)14(26)27-4-5-9(18)11(20)13(22)12(21)10(5)19/h3,6,8H,4H2,1-2H3. The van der Waals surface area contributed by atoms with Gasteiger partial charge in [0.2, 0.25) is 5.82 Å². The summed E-state index contributed by atoms with van der Waals surface area (Å²) in [5.74, 6) is -17.5. The van der Waals surface area contributed by atoms with E-state index in [2.05, 4.69) is 4.74 Å². The number of carbonyl (C=O) groups is 1. The van der Waals surface area contributed by atoms with Gasteiger partial charge in [0, 0.05) is 0 Å². The summed E-state index contributed by atoms with van der Waals surface area (Å²) in [4.78, 5) is 11.9. The molecule has 1 saturated carbocycles. The fraction of sp³-hybridized carbons (Fsp3) is 0.438. The Hall–Kier alpha value is -2.20. The zero-order valence-electron chi connectivity index (χ0n) is 13.7. The van der Waals surface area contributed by atoms with Gasteiger partial charge in [-0.1, -0.05) is 13.8 Å². The number of ether oxygens (including phenoxy) is 1. The highest BCUT2D eigenvalue weighted by Crippen LogP contribution is 2.60. The molecule has 0 saturated heterocycles. The van der Waals surface area contributed by atoms with Gasteiger partial charge in [-0.25, -0.2) is 26.3 Å². The summed E-state index contributed by atoms with van der Waals surface area (Å²) in [6.07, 6.45) is -5.06. The molecule has 0 aromatic heterocycles. The van der Waals surface area contributed by atoms with E-state index in [0.717, 1.165) is 0 Å². The summed E-state index contributed by atoms with van der Waals surface area (Å²) in [5.41, 5.74) is -2.57. The Morgan fingerprint density at radius 3 is 1.89 bits per heavy atom. The van der Waals surface area contributed by atoms with Gasteiger partial charge in [0.15, 0.2) is 29.1 Å². The first kappa shape index (κ1) is 21.1. The van der Waals surface area contributed by atoms with Crippen molar-refractivity contribution in [3.63, 3.8) is 0 Å². The van der Waals surface area contributed by atoms with E-state index < -0.39 is 76.5 Å². The fourth-order valence-corrected chi connectivity index (χ4v) is 2.70. The molecule has 1 aliphatic carbocycles. The number of hydrogen-bond acceptors (Lipinski definition) is 2. The highest BCUT2D eigenvalue weighted by molar-refractivity contribution is 5.78. The van der Waals surface area contributed by atoms with Gasteiger partial charge in [0.05, 0.1) is 11.5 Å². The van der Waals surface area contributed by atoms with Gasteiger partial charge in [0.25, 0.3) is 0 Å². The minimum Gasteiger partial charge on any atom is -0.460 e. The molecule has 11 heteroatoms. The minimum atomic E-state index is -5.25. The Balaban J connectivity index is 2.16. The number of carbonyl (C=O) groups excluding carboxylic acids is 1. The van der Waals surface area contributed by atoms with Crippen LogP contribution in [0.15, 0.2) is 11.9 Å². The Kier molecular flexibility index (Phi) is 5.28. The molecule has 0 N–H and O–H groups in total. The van der Waals surface area contributed by atoms with E-state index in [-0.39, 0.29) is 6.08 Å². The molecule has 150 valence electrons. The van der Waals surface area contributed by atoms with E-state index in [1.165, 1.54) is 13.8 Å². The van der Waals surface area contributed by atoms with Crippen LogP contribution < -0.4 is 0 Å². The van der Waals surface area contributed by atoms with Crippen LogP contribution in [0.2, 0.25) is 0 Å². The molecule has 0 bridgehead atoms. The summed E-state index contributed by atoms with van der Waals surface area (Å²) in [5, 5.41) is 0. The Morgan fingerprint density at radius 1 is 1.00 bits per heavy atom. The van der Waals surface area contributed by atoms with E-state index in [1.54, 1.807) is 0 Å². The van der Waals surface area contributed by atoms with Crippen LogP contribution in [-0.4, -0.2) is 12.1 Å². The van der Waals surface area contributed by atoms with E-state index in [9.17, 15) is 44.3 Å². The van der Waals surface area contributed by atoms with Crippen molar-refractivity contribution >= 4 is 5.97 Å². The highest BCUT2D eigenvalue weighted by Gasteiger charge is 2.62. The summed E-state index contributed by atoms with van der Waals surface area (Å²) in [6.45, 7) is 1.31. The van der Waals surface area contributed by atoms with Gasteiger partial charge < -0.3 is 4.74 Å². The number of hydrogen-bond donors (Lipinski definition) is 0. The second-order valence-electron chi connectivity index (χ2n) is 6.49. The predicted octanol–water partition coefficient (Wildman–Crippen LogP) is 5.11. The van der Waals surface area contributed by atoms with Crippen molar-refractivity contribution in [3.05, 3.63) is 46.6 Å². The molecular formula is C16H11F9O2. The number of rotatable bonds is 4. The molecule has 2 nitrogen and oxygen atoms in total. The average molecular weight is 406 g/mol. The summed E-state index contributed by atoms with van der Waals surface area (Å²) in [7, 11) is 0. The van der Waals surface area contributed by atoms with Crippen LogP contribution in [0.1, 0.15) is 19.4 Å². The maximum Gasteiger partial charge on any atom is 0.442 e. The lowest BCUT2D eigenvalue weighted by Crippen LogP contribution is -2.14. The molecule has 2 atom stereocenters. The van der Waals surface area contributed by atoms with Crippen LogP contribution in [0.4, 0.5) is 39.5 Å². The molecule has 2 unspecified atom stereocenters. The summed E-state index contributed by atoms with van der Waals surface area (Å²) >= 11 is 0. The zero-order chi connectivity index (χ0) is 20.9. The first-order valence-corrected chi connectivity index (χ1v) is 7.32. The van der Waals surface area contributed by atoms with Crippen molar-refractivity contribution in [1.29, 1.82) is 0 Å². The molecule has 0 amide bonds. The third-order valence-corrected chi connectivity index (χ3v) is 4.42. The zero-order valence-corrected chi connectivity index (χ0v) is 13.7. The van der Waals surface area contributed by atoms with Crippen LogP contribution in [0.5, 0.6) is 0 Å². The molecule has 1 aromatic carbocycles. The molecule has 1 aromatic rings. The van der Waals surface area contributed by atoms with Crippen molar-refractivity contribution in [3.8, 4) is 0 Å². The summed E-state index contributed by atoms with van der Waals surface area (Å²) in [6, 6.07) is 0. The van der Waals surface area contributed by atoms with Crippen LogP contribution in [-0.2, 0) is 16.1 Å². The molecule has 0 heterocycles. The topological polar surface area (TPSA) is 26.3 Å². The van der Waals surface area contributed by atoms with E-state index in [0.29, 0.717) is 0 Å². The maximum atomic E-state index is 13.5. The van der Waals surface area contributed by atoms with E-state index in [1.807, 2.05) is 0 Å². The van der Waals surface area contributed by atoms with Gasteiger partial charge in [-0.2, -0.15) is 13.2 Å². The normalized spacial score (nSPS) is 22.0. The molecule has 1 aliphatic rings. The number of alkyl halides is 3. The minimum absolute atomic E-state index is 0.185. The molecule has 0 spiro atoms. The highest BCUT2D eigenvalue weighted by atomic mass is 19.4. The number of halogens is 9. The third kappa shape index (κ3) is 3.77. The molecule has 27 heavy (non-hydrogen) atoms. The lowest BCUT2D eigenvalue weighted by Gasteiger charge is -2.09. The maximum absolute atomic E-state index is 13.5. The first-order valence-electron chi connectivity index (χ1n) is 7.32. The van der Waals surface area contributed by atoms with Gasteiger partial charge in [0.1, 0.15) is 6.61 Å². The van der Waals surface area contributed by atoms with Crippen LogP contribution in [0, 0.1) is 46.3 Å². The largest absolute Gasteiger partial charge is 0.460 e. The Bertz CT molecular complexity index is 782. The second-order valence-corrected chi connectivity index (χ2v) is 6.49. The van der Waals surface area contributed by atoms with Crippen LogP contribution >= 0.6 is 0 Å². The van der Waals surface area contributed by atoms with Crippen LogP contribution in [0.3, 0.4) is 0 Å². The number of benzene rings is 1. The van der Waals surface area contributed by atoms with Crippen LogP contribution in [0.25, 0.3) is 0 Å². The molecular weight excluding hydrogens is 395 g/mol. The summed E-state index contributed by atoms with van der Waals surface area (Å²) < 4.78 is 120. The van der Waals surface area contributed by atoms with Crippen molar-refractivity contribution in [1.82, 2.24) is 0 Å². The Labute approximate surface area is 146 Å². The van der Waals surface area contributed by atoms with Crippen molar-refractivity contribution in [2.75, 3.05) is 0 Å². The lowest BCUT2D eigenvalue weighted by molar-refractivity contribution is -0.147. The first-order chi connectivity index (χ1) is 12.2. The van der Waals surface area contributed by atoms with Gasteiger partial charge in [-0.15, -0.1) is 0 Å². The number of allylic oxidation sites excluding steroid dienone is 2. The molecule has 2 rings (SSSR count). The van der Waals surface area contributed by atoms with Gasteiger partial charge in [-0.3, -0.25) is 4.79 Å². The second kappa shape index (κ2) is 6.75. The number of esters is 1. The smallest absolute Gasteiger partial charge is 0.442 e. The average Bonchev–Trinajstić information content (AvgIpc) is 3.10. The van der Waals surface area contributed by atoms with Crippen molar-refractivity contribution in [2.24, 2.45) is 17.3 Å². The van der Waals surface area contributed by atoms with E-state index >= 15 is 0 Å². The van der Waals surface area contributed by atoms with Gasteiger partial charge >= 0.3 is 12.1 Å². The predicted molar refractivity (Wildman–Crippen MR) is 72.0 cm³/mol. The monoisotopic (exact) mass is 406 g/mol. The quantitative estimate of drug-likeness (QED) is 0.301. The lowest BCUT2D eigenvalue weighted by atomic mass is 10.1. The van der Waals surface area contributed by atoms with Crippen molar-refractivity contribution in [2.45, 2.75) is 26.6 Å².